The lowest BCUT2D eigenvalue weighted by atomic mass is 10.0. The Bertz CT molecular complexity index is 101. The summed E-state index contributed by atoms with van der Waals surface area (Å²) in [5, 5.41) is 0. The van der Waals surface area contributed by atoms with Crippen LogP contribution in [0.5, 0.6) is 0 Å². The number of hydrogen-bond acceptors (Lipinski definition) is 0. The summed E-state index contributed by atoms with van der Waals surface area (Å²) in [5.41, 5.74) is 1.55. The molecule has 0 saturated heterocycles. The highest BCUT2D eigenvalue weighted by molar-refractivity contribution is 5.38. The van der Waals surface area contributed by atoms with Crippen LogP contribution in [0, 0.1) is 12.3 Å². The zero-order valence-electron chi connectivity index (χ0n) is 5.65. The van der Waals surface area contributed by atoms with Gasteiger partial charge in [-0.25, -0.2) is 0 Å². The smallest absolute Gasteiger partial charge is 0.00803 e. The Morgan fingerprint density at radius 3 is 2.62 bits per heavy atom. The van der Waals surface area contributed by atoms with Crippen molar-refractivity contribution in [2.24, 2.45) is 5.92 Å². The molecule has 1 radical (unpaired) electrons. The van der Waals surface area contributed by atoms with E-state index in [2.05, 4.69) is 26.3 Å². The summed E-state index contributed by atoms with van der Waals surface area (Å²) in [5.74, 6) is 0.889. The van der Waals surface area contributed by atoms with Gasteiger partial charge in [0.15, 0.2) is 0 Å². The normalized spacial score (nSPS) is 20.0. The Morgan fingerprint density at radius 2 is 2.25 bits per heavy atom. The molecule has 0 spiro atoms. The minimum Gasteiger partial charge on any atom is -0.0766 e. The van der Waals surface area contributed by atoms with Crippen molar-refractivity contribution in [3.05, 3.63) is 18.1 Å². The maximum atomic E-state index is 2.30. The molecular weight excluding hydrogens is 96.1 g/mol. The molecule has 0 aromatic rings. The van der Waals surface area contributed by atoms with Crippen molar-refractivity contribution < 1.29 is 0 Å². The van der Waals surface area contributed by atoms with E-state index in [-0.39, 0.29) is 0 Å². The summed E-state index contributed by atoms with van der Waals surface area (Å²) in [7, 11) is 0. The first-order valence-electron chi connectivity index (χ1n) is 3.37. The lowest BCUT2D eigenvalue weighted by Crippen LogP contribution is -1.88. The molecule has 1 aliphatic rings. The second-order valence-corrected chi connectivity index (χ2v) is 2.63. The summed E-state index contributed by atoms with van der Waals surface area (Å²) >= 11 is 0. The van der Waals surface area contributed by atoms with E-state index in [4.69, 9.17) is 0 Å². The van der Waals surface area contributed by atoms with Gasteiger partial charge in [-0.05, 0) is 12.3 Å². The molecule has 0 heteroatoms. The minimum atomic E-state index is 0.889. The topological polar surface area (TPSA) is 0 Å². The molecule has 1 unspecified atom stereocenters. The summed E-state index contributed by atoms with van der Waals surface area (Å²) < 4.78 is 0. The van der Waals surface area contributed by atoms with Crippen LogP contribution >= 0.6 is 0 Å². The molecule has 0 amide bonds. The zero-order chi connectivity index (χ0) is 5.98. The highest BCUT2D eigenvalue weighted by atomic mass is 14.1. The van der Waals surface area contributed by atoms with Gasteiger partial charge in [0.25, 0.3) is 0 Å². The molecular formula is C8H13. The predicted molar refractivity (Wildman–Crippen MR) is 36.5 cm³/mol. The fraction of sp³-hybridized carbons (Fsp3) is 0.625. The maximum Gasteiger partial charge on any atom is 0.00803 e. The predicted octanol–water partition coefficient (Wildman–Crippen LogP) is 2.57. The van der Waals surface area contributed by atoms with Crippen molar-refractivity contribution in [3.8, 4) is 0 Å². The molecule has 0 nitrogen and oxygen atoms in total. The summed E-state index contributed by atoms with van der Waals surface area (Å²) in [6, 6.07) is 0. The third kappa shape index (κ3) is 1.69. The van der Waals surface area contributed by atoms with E-state index >= 15 is 0 Å². The first kappa shape index (κ1) is 5.87. The van der Waals surface area contributed by atoms with Gasteiger partial charge in [-0.1, -0.05) is 31.9 Å². The van der Waals surface area contributed by atoms with E-state index in [9.17, 15) is 0 Å². The highest BCUT2D eigenvalue weighted by Crippen LogP contribution is 2.25. The first-order chi connectivity index (χ1) is 3.83. The molecule has 8 heavy (non-hydrogen) atoms. The maximum absolute atomic E-state index is 2.30. The third-order valence-electron chi connectivity index (χ3n) is 1.68. The molecule has 0 aromatic carbocycles. The van der Waals surface area contributed by atoms with Gasteiger partial charge >= 0.3 is 0 Å². The highest BCUT2D eigenvalue weighted by Gasteiger charge is 2.09. The Kier molecular flexibility index (Phi) is 1.72. The molecule has 1 atom stereocenters. The van der Waals surface area contributed by atoms with Crippen LogP contribution in [0.15, 0.2) is 11.6 Å². The van der Waals surface area contributed by atoms with Crippen LogP contribution < -0.4 is 0 Å². The molecule has 0 fully saturated rings. The molecule has 0 aliphatic heterocycles. The van der Waals surface area contributed by atoms with Gasteiger partial charge in [0.05, 0.1) is 0 Å². The van der Waals surface area contributed by atoms with E-state index in [1.165, 1.54) is 12.8 Å². The van der Waals surface area contributed by atoms with Crippen molar-refractivity contribution >= 4 is 0 Å². The second-order valence-electron chi connectivity index (χ2n) is 2.63. The van der Waals surface area contributed by atoms with Gasteiger partial charge in [-0.15, -0.1) is 0 Å². The lowest BCUT2D eigenvalue weighted by Gasteiger charge is -2.02. The molecule has 1 aliphatic carbocycles. The Hall–Kier alpha value is -0.260. The number of rotatable bonds is 3. The monoisotopic (exact) mass is 109 g/mol. The fourth-order valence-electron chi connectivity index (χ4n) is 0.742. The second kappa shape index (κ2) is 2.34. The third-order valence-corrected chi connectivity index (χ3v) is 1.68. The minimum absolute atomic E-state index is 0.889. The molecule has 45 valence electrons. The van der Waals surface area contributed by atoms with Crippen LogP contribution in [0.2, 0.25) is 0 Å². The molecule has 0 N–H and O–H groups in total. The quantitative estimate of drug-likeness (QED) is 0.522. The standard InChI is InChI=1S/C8H13/c1-3-7(2)6-8-4-5-8/h4-5,7H,3,6H2,1-2H3. The Morgan fingerprint density at radius 1 is 1.62 bits per heavy atom. The largest absolute Gasteiger partial charge is 0.0766 e. The molecule has 1 rings (SSSR count). The first-order valence-corrected chi connectivity index (χ1v) is 3.37. The average Bonchev–Trinajstić information content (AvgIpc) is 2.50. The summed E-state index contributed by atoms with van der Waals surface area (Å²) in [4.78, 5) is 0. The van der Waals surface area contributed by atoms with Crippen LogP contribution in [0.4, 0.5) is 0 Å². The number of allylic oxidation sites excluding steroid dienone is 2. The summed E-state index contributed by atoms with van der Waals surface area (Å²) in [6.07, 6.45) is 7.01. The van der Waals surface area contributed by atoms with Crippen molar-refractivity contribution in [2.75, 3.05) is 0 Å². The van der Waals surface area contributed by atoms with E-state index < -0.39 is 0 Å². The van der Waals surface area contributed by atoms with E-state index in [0.29, 0.717) is 0 Å². The van der Waals surface area contributed by atoms with Gasteiger partial charge in [-0.2, -0.15) is 0 Å². The zero-order valence-corrected chi connectivity index (χ0v) is 5.65. The van der Waals surface area contributed by atoms with Gasteiger partial charge in [0.1, 0.15) is 0 Å². The van der Waals surface area contributed by atoms with Crippen molar-refractivity contribution in [2.45, 2.75) is 26.7 Å². The van der Waals surface area contributed by atoms with Gasteiger partial charge in [0.2, 0.25) is 0 Å². The molecule has 0 saturated carbocycles. The lowest BCUT2D eigenvalue weighted by molar-refractivity contribution is 0.566. The fourth-order valence-corrected chi connectivity index (χ4v) is 0.742. The van der Waals surface area contributed by atoms with Crippen molar-refractivity contribution in [1.82, 2.24) is 0 Å². The van der Waals surface area contributed by atoms with Crippen LogP contribution in [-0.2, 0) is 0 Å². The number of hydrogen-bond donors (Lipinski definition) is 0. The van der Waals surface area contributed by atoms with Gasteiger partial charge in [-0.3, -0.25) is 0 Å². The Balaban J connectivity index is 2.07. The Labute approximate surface area is 51.6 Å². The molecule has 0 heterocycles. The SMILES string of the molecule is CCC(C)CC1=C[CH]1. The van der Waals surface area contributed by atoms with Crippen LogP contribution in [0.25, 0.3) is 0 Å². The van der Waals surface area contributed by atoms with E-state index in [0.717, 1.165) is 5.92 Å². The summed E-state index contributed by atoms with van der Waals surface area (Å²) in [6.45, 7) is 4.54. The van der Waals surface area contributed by atoms with E-state index in [1.807, 2.05) is 0 Å². The molecule has 0 bridgehead atoms. The van der Waals surface area contributed by atoms with Gasteiger partial charge in [0, 0.05) is 6.42 Å². The molecule has 0 aromatic heterocycles. The van der Waals surface area contributed by atoms with Crippen LogP contribution in [0.3, 0.4) is 0 Å². The van der Waals surface area contributed by atoms with Crippen molar-refractivity contribution in [3.63, 3.8) is 0 Å². The van der Waals surface area contributed by atoms with Crippen molar-refractivity contribution in [1.29, 1.82) is 0 Å². The van der Waals surface area contributed by atoms with Crippen LogP contribution in [-0.4, -0.2) is 0 Å². The average molecular weight is 109 g/mol. The van der Waals surface area contributed by atoms with E-state index in [1.54, 1.807) is 5.57 Å². The van der Waals surface area contributed by atoms with Crippen LogP contribution in [0.1, 0.15) is 26.7 Å². The van der Waals surface area contributed by atoms with Gasteiger partial charge < -0.3 is 0 Å².